The molecule has 0 bridgehead atoms. The summed E-state index contributed by atoms with van der Waals surface area (Å²) >= 11 is 6.10. The summed E-state index contributed by atoms with van der Waals surface area (Å²) in [7, 11) is 0. The maximum Gasteiger partial charge on any atom is 0.268 e. The second kappa shape index (κ2) is 8.62. The first kappa shape index (κ1) is 20.6. The third-order valence-corrected chi connectivity index (χ3v) is 5.15. The largest absolute Gasteiger partial charge is 0.479 e. The van der Waals surface area contributed by atoms with E-state index in [0.717, 1.165) is 0 Å². The van der Waals surface area contributed by atoms with Crippen molar-refractivity contribution in [2.45, 2.75) is 13.0 Å². The fourth-order valence-corrected chi connectivity index (χ4v) is 3.59. The number of anilines is 2. The summed E-state index contributed by atoms with van der Waals surface area (Å²) < 4.78 is 5.60. The van der Waals surface area contributed by atoms with E-state index in [-0.39, 0.29) is 23.8 Å². The van der Waals surface area contributed by atoms with Crippen molar-refractivity contribution in [2.75, 3.05) is 16.8 Å². The predicted octanol–water partition coefficient (Wildman–Crippen LogP) is 4.32. The van der Waals surface area contributed by atoms with Gasteiger partial charge in [0.25, 0.3) is 5.91 Å². The normalized spacial score (nSPS) is 15.1. The Hall–Kier alpha value is -3.64. The molecule has 156 valence electrons. The minimum Gasteiger partial charge on any atom is -0.479 e. The molecule has 0 spiro atoms. The fourth-order valence-electron chi connectivity index (χ4n) is 3.41. The van der Waals surface area contributed by atoms with Gasteiger partial charge in [-0.15, -0.1) is 0 Å². The third kappa shape index (κ3) is 4.29. The first-order chi connectivity index (χ1) is 14.9. The number of ketones is 1. The van der Waals surface area contributed by atoms with Crippen molar-refractivity contribution in [1.29, 1.82) is 0 Å². The summed E-state index contributed by atoms with van der Waals surface area (Å²) in [5, 5.41) is 3.13. The van der Waals surface area contributed by atoms with Crippen LogP contribution in [0.25, 0.3) is 0 Å². The Labute approximate surface area is 184 Å². The van der Waals surface area contributed by atoms with E-state index in [2.05, 4.69) is 5.32 Å². The SMILES string of the molecule is CC1Oc2ccccc2N(CC(=O)Nc2ccc(Cl)cc2C(=O)c2ccccc2)C1=O. The second-order valence-electron chi connectivity index (χ2n) is 7.09. The first-order valence-corrected chi connectivity index (χ1v) is 10.1. The Bertz CT molecular complexity index is 1160. The highest BCUT2D eigenvalue weighted by molar-refractivity contribution is 6.31. The Morgan fingerprint density at radius 1 is 1.03 bits per heavy atom. The smallest absolute Gasteiger partial charge is 0.268 e. The molecule has 1 heterocycles. The number of nitrogens with zero attached hydrogens (tertiary/aromatic N) is 1. The van der Waals surface area contributed by atoms with Gasteiger partial charge in [0.2, 0.25) is 5.91 Å². The van der Waals surface area contributed by atoms with Crippen molar-refractivity contribution in [2.24, 2.45) is 0 Å². The van der Waals surface area contributed by atoms with Gasteiger partial charge in [0.1, 0.15) is 12.3 Å². The van der Waals surface area contributed by atoms with Crippen molar-refractivity contribution in [3.63, 3.8) is 0 Å². The molecule has 1 atom stereocenters. The molecule has 1 unspecified atom stereocenters. The monoisotopic (exact) mass is 434 g/mol. The minimum atomic E-state index is -0.701. The average Bonchev–Trinajstić information content (AvgIpc) is 2.78. The van der Waals surface area contributed by atoms with Gasteiger partial charge < -0.3 is 10.1 Å². The van der Waals surface area contributed by atoms with Crippen LogP contribution >= 0.6 is 11.6 Å². The van der Waals surface area contributed by atoms with Gasteiger partial charge in [0.15, 0.2) is 11.9 Å². The van der Waals surface area contributed by atoms with Crippen molar-refractivity contribution >= 4 is 40.6 Å². The van der Waals surface area contributed by atoms with Gasteiger partial charge in [-0.05, 0) is 37.3 Å². The lowest BCUT2D eigenvalue weighted by Gasteiger charge is -2.32. The van der Waals surface area contributed by atoms with Crippen molar-refractivity contribution < 1.29 is 19.1 Å². The number of para-hydroxylation sites is 2. The molecule has 0 aliphatic carbocycles. The first-order valence-electron chi connectivity index (χ1n) is 9.70. The standard InChI is InChI=1S/C24H19ClN2O4/c1-15-24(30)27(20-9-5-6-10-21(20)31-15)14-22(28)26-19-12-11-17(25)13-18(19)23(29)16-7-3-2-4-8-16/h2-13,15H,14H2,1H3,(H,26,28). The molecular weight excluding hydrogens is 416 g/mol. The van der Waals surface area contributed by atoms with Crippen molar-refractivity contribution in [3.05, 3.63) is 88.9 Å². The maximum atomic E-state index is 13.0. The number of carbonyl (C=O) groups excluding carboxylic acids is 3. The number of fused-ring (bicyclic) bond motifs is 1. The van der Waals surface area contributed by atoms with E-state index < -0.39 is 12.0 Å². The minimum absolute atomic E-state index is 0.217. The Morgan fingerprint density at radius 2 is 1.74 bits per heavy atom. The van der Waals surface area contributed by atoms with Gasteiger partial charge in [0.05, 0.1) is 11.4 Å². The van der Waals surface area contributed by atoms with E-state index in [1.807, 2.05) is 6.07 Å². The molecule has 1 N–H and O–H groups in total. The zero-order chi connectivity index (χ0) is 22.0. The Morgan fingerprint density at radius 3 is 2.52 bits per heavy atom. The van der Waals surface area contributed by atoms with Crippen LogP contribution in [0.1, 0.15) is 22.8 Å². The van der Waals surface area contributed by atoms with Gasteiger partial charge in [-0.1, -0.05) is 54.1 Å². The summed E-state index contributed by atoms with van der Waals surface area (Å²) in [5.74, 6) is -0.485. The van der Waals surface area contributed by atoms with Gasteiger partial charge >= 0.3 is 0 Å². The molecule has 3 aromatic carbocycles. The molecule has 1 aliphatic rings. The van der Waals surface area contributed by atoms with Crippen LogP contribution in [-0.4, -0.2) is 30.2 Å². The molecule has 2 amide bonds. The van der Waals surface area contributed by atoms with E-state index in [9.17, 15) is 14.4 Å². The fraction of sp³-hybridized carbons (Fsp3) is 0.125. The number of carbonyl (C=O) groups is 3. The molecule has 7 heteroatoms. The topological polar surface area (TPSA) is 75.7 Å². The van der Waals surface area contributed by atoms with Crippen LogP contribution in [0.5, 0.6) is 5.75 Å². The number of amides is 2. The molecule has 0 radical (unpaired) electrons. The number of benzene rings is 3. The summed E-state index contributed by atoms with van der Waals surface area (Å²) in [6.07, 6.45) is -0.701. The number of nitrogens with one attached hydrogen (secondary N) is 1. The second-order valence-corrected chi connectivity index (χ2v) is 7.52. The van der Waals surface area contributed by atoms with Gasteiger partial charge in [0, 0.05) is 16.1 Å². The Balaban J connectivity index is 1.59. The summed E-state index contributed by atoms with van der Waals surface area (Å²) in [5.41, 5.74) is 1.60. The van der Waals surface area contributed by atoms with E-state index >= 15 is 0 Å². The average molecular weight is 435 g/mol. The van der Waals surface area contributed by atoms with Crippen molar-refractivity contribution in [1.82, 2.24) is 0 Å². The van der Waals surface area contributed by atoms with E-state index in [1.54, 1.807) is 67.6 Å². The van der Waals surface area contributed by atoms with Crippen LogP contribution in [0, 0.1) is 0 Å². The lowest BCUT2D eigenvalue weighted by Crippen LogP contribution is -2.47. The molecular formula is C24H19ClN2O4. The van der Waals surface area contributed by atoms with Crippen LogP contribution in [0.3, 0.4) is 0 Å². The Kier molecular flexibility index (Phi) is 5.73. The molecule has 6 nitrogen and oxygen atoms in total. The van der Waals surface area contributed by atoms with E-state index in [1.165, 1.54) is 11.0 Å². The number of hydrogen-bond donors (Lipinski definition) is 1. The number of ether oxygens (including phenoxy) is 1. The lowest BCUT2D eigenvalue weighted by atomic mass is 10.0. The zero-order valence-corrected chi connectivity index (χ0v) is 17.4. The predicted molar refractivity (Wildman–Crippen MR) is 119 cm³/mol. The van der Waals surface area contributed by atoms with Crippen LogP contribution in [0.15, 0.2) is 72.8 Å². The van der Waals surface area contributed by atoms with Crippen LogP contribution in [0.4, 0.5) is 11.4 Å². The molecule has 31 heavy (non-hydrogen) atoms. The number of rotatable bonds is 5. The molecule has 0 fully saturated rings. The molecule has 1 aliphatic heterocycles. The summed E-state index contributed by atoms with van der Waals surface area (Å²) in [4.78, 5) is 39.8. The van der Waals surface area contributed by atoms with Crippen LogP contribution in [0.2, 0.25) is 5.02 Å². The lowest BCUT2D eigenvalue weighted by molar-refractivity contribution is -0.127. The molecule has 0 saturated heterocycles. The van der Waals surface area contributed by atoms with Crippen molar-refractivity contribution in [3.8, 4) is 5.75 Å². The molecule has 0 saturated carbocycles. The van der Waals surface area contributed by atoms with Gasteiger partial charge in [-0.3, -0.25) is 19.3 Å². The summed E-state index contributed by atoms with van der Waals surface area (Å²) in [6.45, 7) is 1.42. The highest BCUT2D eigenvalue weighted by Crippen LogP contribution is 2.33. The number of hydrogen-bond acceptors (Lipinski definition) is 4. The van der Waals surface area contributed by atoms with Gasteiger partial charge in [-0.25, -0.2) is 0 Å². The highest BCUT2D eigenvalue weighted by atomic mass is 35.5. The quantitative estimate of drug-likeness (QED) is 0.607. The maximum absolute atomic E-state index is 13.0. The van der Waals surface area contributed by atoms with Crippen LogP contribution in [-0.2, 0) is 9.59 Å². The highest BCUT2D eigenvalue weighted by Gasteiger charge is 2.32. The van der Waals surface area contributed by atoms with Gasteiger partial charge in [-0.2, -0.15) is 0 Å². The summed E-state index contributed by atoms with van der Waals surface area (Å²) in [6, 6.07) is 20.5. The zero-order valence-electron chi connectivity index (χ0n) is 16.7. The van der Waals surface area contributed by atoms with E-state index in [4.69, 9.17) is 16.3 Å². The molecule has 4 rings (SSSR count). The third-order valence-electron chi connectivity index (χ3n) is 4.91. The molecule has 0 aromatic heterocycles. The van der Waals surface area contributed by atoms with Crippen LogP contribution < -0.4 is 15.0 Å². The molecule has 3 aromatic rings. The van der Waals surface area contributed by atoms with E-state index in [0.29, 0.717) is 27.7 Å². The number of halogens is 1.